The molecule has 2 atom stereocenters. The Morgan fingerprint density at radius 3 is 2.60 bits per heavy atom. The Hall–Kier alpha value is -2.79. The van der Waals surface area contributed by atoms with Crippen molar-refractivity contribution in [1.82, 2.24) is 10.6 Å². The number of fused-ring (bicyclic) bond motifs is 1. The standard InChI is InChI=1S/C20H22N2O3/c1-14(19-13-16-9-5-6-10-18(16)25-19)22-20(24)21-12-11-17(23)15-7-3-2-4-8-15/h2-10,13-14,17,23H,11-12H2,1H3,(H2,21,22,24). The summed E-state index contributed by atoms with van der Waals surface area (Å²) in [6.45, 7) is 2.25. The molecule has 3 rings (SSSR count). The molecule has 0 aliphatic heterocycles. The van der Waals surface area contributed by atoms with Gasteiger partial charge < -0.3 is 20.2 Å². The van der Waals surface area contributed by atoms with Gasteiger partial charge in [0.05, 0.1) is 12.1 Å². The molecule has 2 aromatic carbocycles. The first-order valence-electron chi connectivity index (χ1n) is 8.39. The van der Waals surface area contributed by atoms with Crippen molar-refractivity contribution in [2.75, 3.05) is 6.54 Å². The Kier molecular flexibility index (Phi) is 5.36. The highest BCUT2D eigenvalue weighted by atomic mass is 16.3. The number of furan rings is 1. The van der Waals surface area contributed by atoms with E-state index in [2.05, 4.69) is 10.6 Å². The van der Waals surface area contributed by atoms with Crippen LogP contribution in [0.5, 0.6) is 0 Å². The second-order valence-electron chi connectivity index (χ2n) is 6.02. The van der Waals surface area contributed by atoms with E-state index in [1.54, 1.807) is 0 Å². The van der Waals surface area contributed by atoms with Gasteiger partial charge in [-0.15, -0.1) is 0 Å². The van der Waals surface area contributed by atoms with Gasteiger partial charge in [0, 0.05) is 11.9 Å². The fourth-order valence-corrected chi connectivity index (χ4v) is 2.70. The summed E-state index contributed by atoms with van der Waals surface area (Å²) in [5.41, 5.74) is 1.65. The number of carbonyl (C=O) groups excluding carboxylic acids is 1. The van der Waals surface area contributed by atoms with Gasteiger partial charge in [-0.05, 0) is 31.0 Å². The molecular weight excluding hydrogens is 316 g/mol. The number of hydrogen-bond donors (Lipinski definition) is 3. The van der Waals surface area contributed by atoms with E-state index in [1.165, 1.54) is 0 Å². The summed E-state index contributed by atoms with van der Waals surface area (Å²) in [5, 5.41) is 16.7. The molecule has 0 aliphatic rings. The SMILES string of the molecule is CC(NC(=O)NCCC(O)c1ccccc1)c1cc2ccccc2o1. The minimum absolute atomic E-state index is 0.244. The first kappa shape index (κ1) is 17.0. The fraction of sp³-hybridized carbons (Fsp3) is 0.250. The van der Waals surface area contributed by atoms with Crippen molar-refractivity contribution in [3.63, 3.8) is 0 Å². The van der Waals surface area contributed by atoms with Crippen molar-refractivity contribution in [3.05, 3.63) is 72.0 Å². The average molecular weight is 338 g/mol. The number of rotatable bonds is 6. The Labute approximate surface area is 146 Å². The maximum Gasteiger partial charge on any atom is 0.315 e. The maximum atomic E-state index is 12.0. The molecule has 1 aromatic heterocycles. The molecule has 25 heavy (non-hydrogen) atoms. The number of aliphatic hydroxyl groups is 1. The van der Waals surface area contributed by atoms with Gasteiger partial charge in [-0.1, -0.05) is 48.5 Å². The lowest BCUT2D eigenvalue weighted by Gasteiger charge is -2.14. The molecule has 2 amide bonds. The van der Waals surface area contributed by atoms with E-state index in [9.17, 15) is 9.90 Å². The number of urea groups is 1. The predicted molar refractivity (Wildman–Crippen MR) is 97.2 cm³/mol. The van der Waals surface area contributed by atoms with Gasteiger partial charge in [-0.2, -0.15) is 0 Å². The maximum absolute atomic E-state index is 12.0. The van der Waals surface area contributed by atoms with E-state index in [1.807, 2.05) is 67.6 Å². The third-order valence-corrected chi connectivity index (χ3v) is 4.11. The normalized spacial score (nSPS) is 13.4. The lowest BCUT2D eigenvalue weighted by Crippen LogP contribution is -2.37. The van der Waals surface area contributed by atoms with Gasteiger partial charge in [0.25, 0.3) is 0 Å². The molecule has 0 fully saturated rings. The van der Waals surface area contributed by atoms with Crippen molar-refractivity contribution >= 4 is 17.0 Å². The van der Waals surface area contributed by atoms with Gasteiger partial charge in [-0.3, -0.25) is 0 Å². The van der Waals surface area contributed by atoms with Crippen LogP contribution in [0.1, 0.15) is 36.8 Å². The van der Waals surface area contributed by atoms with Crippen molar-refractivity contribution in [3.8, 4) is 0 Å². The number of carbonyl (C=O) groups is 1. The third kappa shape index (κ3) is 4.39. The molecule has 5 heteroatoms. The average Bonchev–Trinajstić information content (AvgIpc) is 3.06. The molecule has 0 radical (unpaired) electrons. The van der Waals surface area contributed by atoms with E-state index >= 15 is 0 Å². The molecule has 1 heterocycles. The number of para-hydroxylation sites is 1. The highest BCUT2D eigenvalue weighted by Gasteiger charge is 2.14. The zero-order chi connectivity index (χ0) is 17.6. The molecule has 0 spiro atoms. The van der Waals surface area contributed by atoms with Crippen molar-refractivity contribution in [2.45, 2.75) is 25.5 Å². The molecular formula is C20H22N2O3. The third-order valence-electron chi connectivity index (χ3n) is 4.11. The number of amides is 2. The summed E-state index contributed by atoms with van der Waals surface area (Å²) in [7, 11) is 0. The summed E-state index contributed by atoms with van der Waals surface area (Å²) < 4.78 is 5.75. The largest absolute Gasteiger partial charge is 0.459 e. The van der Waals surface area contributed by atoms with Crippen LogP contribution < -0.4 is 10.6 Å². The van der Waals surface area contributed by atoms with Crippen LogP contribution in [0.2, 0.25) is 0 Å². The predicted octanol–water partition coefficient (Wildman–Crippen LogP) is 3.92. The van der Waals surface area contributed by atoms with E-state index < -0.39 is 6.10 Å². The van der Waals surface area contributed by atoms with Crippen LogP contribution in [0.3, 0.4) is 0 Å². The minimum Gasteiger partial charge on any atom is -0.459 e. The van der Waals surface area contributed by atoms with E-state index in [0.29, 0.717) is 18.7 Å². The molecule has 130 valence electrons. The summed E-state index contributed by atoms with van der Waals surface area (Å²) >= 11 is 0. The van der Waals surface area contributed by atoms with Crippen molar-refractivity contribution in [2.24, 2.45) is 0 Å². The van der Waals surface area contributed by atoms with Gasteiger partial charge >= 0.3 is 6.03 Å². The fourth-order valence-electron chi connectivity index (χ4n) is 2.70. The Balaban J connectivity index is 1.47. The number of aliphatic hydroxyl groups excluding tert-OH is 1. The Morgan fingerprint density at radius 2 is 1.84 bits per heavy atom. The summed E-state index contributed by atoms with van der Waals surface area (Å²) in [6, 6.07) is 18.5. The molecule has 0 bridgehead atoms. The second-order valence-corrected chi connectivity index (χ2v) is 6.02. The van der Waals surface area contributed by atoms with Crippen molar-refractivity contribution in [1.29, 1.82) is 0 Å². The molecule has 5 nitrogen and oxygen atoms in total. The van der Waals surface area contributed by atoms with Gasteiger partial charge in [0.15, 0.2) is 0 Å². The first-order valence-corrected chi connectivity index (χ1v) is 8.39. The van der Waals surface area contributed by atoms with Crippen molar-refractivity contribution < 1.29 is 14.3 Å². The smallest absolute Gasteiger partial charge is 0.315 e. The number of benzene rings is 2. The van der Waals surface area contributed by atoms with Crippen LogP contribution in [-0.2, 0) is 0 Å². The van der Waals surface area contributed by atoms with Crippen LogP contribution in [0.4, 0.5) is 4.79 Å². The molecule has 0 aliphatic carbocycles. The van der Waals surface area contributed by atoms with Crippen LogP contribution in [-0.4, -0.2) is 17.7 Å². The van der Waals surface area contributed by atoms with Gasteiger partial charge in [-0.25, -0.2) is 4.79 Å². The van der Waals surface area contributed by atoms with Gasteiger partial charge in [0.2, 0.25) is 0 Å². The monoisotopic (exact) mass is 338 g/mol. The second kappa shape index (κ2) is 7.85. The molecule has 2 unspecified atom stereocenters. The van der Waals surface area contributed by atoms with Crippen LogP contribution in [0, 0.1) is 0 Å². The summed E-state index contributed by atoms with van der Waals surface area (Å²) in [5.74, 6) is 0.709. The zero-order valence-corrected chi connectivity index (χ0v) is 14.1. The van der Waals surface area contributed by atoms with E-state index in [0.717, 1.165) is 16.5 Å². The summed E-state index contributed by atoms with van der Waals surface area (Å²) in [6.07, 6.45) is -0.134. The topological polar surface area (TPSA) is 74.5 Å². The highest BCUT2D eigenvalue weighted by Crippen LogP contribution is 2.23. The highest BCUT2D eigenvalue weighted by molar-refractivity contribution is 5.78. The zero-order valence-electron chi connectivity index (χ0n) is 14.1. The number of hydrogen-bond acceptors (Lipinski definition) is 3. The lowest BCUT2D eigenvalue weighted by atomic mass is 10.1. The minimum atomic E-state index is -0.589. The first-order chi connectivity index (χ1) is 12.1. The lowest BCUT2D eigenvalue weighted by molar-refractivity contribution is 0.166. The van der Waals surface area contributed by atoms with Crippen LogP contribution in [0.15, 0.2) is 65.1 Å². The molecule has 0 saturated carbocycles. The Morgan fingerprint density at radius 1 is 1.12 bits per heavy atom. The molecule has 0 saturated heterocycles. The Bertz CT molecular complexity index is 796. The molecule has 3 N–H and O–H groups in total. The number of nitrogens with one attached hydrogen (secondary N) is 2. The van der Waals surface area contributed by atoms with Crippen LogP contribution >= 0.6 is 0 Å². The quantitative estimate of drug-likeness (QED) is 0.638. The van der Waals surface area contributed by atoms with Gasteiger partial charge in [0.1, 0.15) is 11.3 Å². The molecule has 3 aromatic rings. The van der Waals surface area contributed by atoms with Crippen LogP contribution in [0.25, 0.3) is 11.0 Å². The summed E-state index contributed by atoms with van der Waals surface area (Å²) in [4.78, 5) is 12.0. The van der Waals surface area contributed by atoms with E-state index in [4.69, 9.17) is 4.42 Å². The van der Waals surface area contributed by atoms with E-state index in [-0.39, 0.29) is 12.1 Å².